The van der Waals surface area contributed by atoms with Gasteiger partial charge in [-0.25, -0.2) is 0 Å². The van der Waals surface area contributed by atoms with Crippen LogP contribution in [0.3, 0.4) is 0 Å². The highest BCUT2D eigenvalue weighted by Crippen LogP contribution is 2.48. The maximum atomic E-state index is 6.12. The fourth-order valence-corrected chi connectivity index (χ4v) is 3.05. The van der Waals surface area contributed by atoms with Gasteiger partial charge in [0, 0.05) is 17.0 Å². The van der Waals surface area contributed by atoms with Crippen molar-refractivity contribution in [3.05, 3.63) is 34.9 Å². The topological polar surface area (TPSA) is 12.0 Å². The summed E-state index contributed by atoms with van der Waals surface area (Å²) in [6.45, 7) is 6.76. The number of rotatable bonds is 5. The molecule has 2 unspecified atom stereocenters. The second-order valence-electron chi connectivity index (χ2n) is 5.28. The number of hydrogen-bond donors (Lipinski definition) is 1. The van der Waals surface area contributed by atoms with Crippen molar-refractivity contribution in [2.45, 2.75) is 38.5 Å². The van der Waals surface area contributed by atoms with Crippen molar-refractivity contribution in [2.24, 2.45) is 5.92 Å². The Labute approximate surface area is 110 Å². The van der Waals surface area contributed by atoms with Crippen molar-refractivity contribution in [2.75, 3.05) is 13.1 Å². The Kier molecular flexibility index (Phi) is 4.11. The van der Waals surface area contributed by atoms with Crippen LogP contribution in [0.4, 0.5) is 0 Å². The molecule has 1 aliphatic rings. The van der Waals surface area contributed by atoms with Crippen LogP contribution in [0.1, 0.15) is 38.7 Å². The third kappa shape index (κ3) is 2.51. The summed E-state index contributed by atoms with van der Waals surface area (Å²) in [6.07, 6.45) is 3.81. The lowest BCUT2D eigenvalue weighted by atomic mass is 9.57. The maximum absolute atomic E-state index is 6.12. The summed E-state index contributed by atoms with van der Waals surface area (Å²) in [5, 5.41) is 4.44. The molecule has 0 bridgehead atoms. The Hall–Kier alpha value is -0.530. The minimum Gasteiger partial charge on any atom is -0.316 e. The zero-order valence-corrected chi connectivity index (χ0v) is 11.6. The second kappa shape index (κ2) is 5.41. The predicted molar refractivity (Wildman–Crippen MR) is 74.7 cm³/mol. The summed E-state index contributed by atoms with van der Waals surface area (Å²) in [6, 6.07) is 8.41. The summed E-state index contributed by atoms with van der Waals surface area (Å²) in [7, 11) is 0. The van der Waals surface area contributed by atoms with E-state index in [1.165, 1.54) is 24.8 Å². The highest BCUT2D eigenvalue weighted by Gasteiger charge is 2.44. The lowest BCUT2D eigenvalue weighted by Crippen LogP contribution is -2.50. The van der Waals surface area contributed by atoms with E-state index in [1.807, 2.05) is 6.07 Å². The van der Waals surface area contributed by atoms with Crippen LogP contribution < -0.4 is 5.32 Å². The molecule has 0 heterocycles. The molecule has 0 aromatic heterocycles. The molecule has 0 saturated heterocycles. The van der Waals surface area contributed by atoms with Crippen molar-refractivity contribution >= 4 is 11.6 Å². The number of halogens is 1. The lowest BCUT2D eigenvalue weighted by molar-refractivity contribution is 0.134. The number of hydrogen-bond acceptors (Lipinski definition) is 1. The van der Waals surface area contributed by atoms with E-state index in [-0.39, 0.29) is 0 Å². The zero-order valence-electron chi connectivity index (χ0n) is 10.8. The smallest absolute Gasteiger partial charge is 0.0408 e. The molecule has 17 heavy (non-hydrogen) atoms. The molecule has 1 saturated carbocycles. The van der Waals surface area contributed by atoms with Gasteiger partial charge in [0.1, 0.15) is 0 Å². The molecule has 2 rings (SSSR count). The van der Waals surface area contributed by atoms with Crippen LogP contribution in [-0.4, -0.2) is 13.1 Å². The molecule has 1 fully saturated rings. The standard InChI is InChI=1S/C15H22ClN/c1-3-9-17-11-15(8-7-12(15)2)13-5-4-6-14(16)10-13/h4-6,10,12,17H,3,7-9,11H2,1-2H3. The molecule has 1 aromatic carbocycles. The first-order valence-corrected chi connectivity index (χ1v) is 7.03. The van der Waals surface area contributed by atoms with Crippen molar-refractivity contribution in [3.63, 3.8) is 0 Å². The summed E-state index contributed by atoms with van der Waals surface area (Å²) < 4.78 is 0. The van der Waals surface area contributed by atoms with E-state index in [9.17, 15) is 0 Å². The Balaban J connectivity index is 2.17. The molecular formula is C15H22ClN. The van der Waals surface area contributed by atoms with Crippen molar-refractivity contribution < 1.29 is 0 Å². The van der Waals surface area contributed by atoms with E-state index in [4.69, 9.17) is 11.6 Å². The fraction of sp³-hybridized carbons (Fsp3) is 0.600. The molecule has 2 heteroatoms. The molecule has 94 valence electrons. The van der Waals surface area contributed by atoms with E-state index in [0.717, 1.165) is 24.0 Å². The van der Waals surface area contributed by atoms with E-state index in [1.54, 1.807) is 0 Å². The average molecular weight is 252 g/mol. The predicted octanol–water partition coefficient (Wildman–Crippen LogP) is 4.01. The van der Waals surface area contributed by atoms with Gasteiger partial charge >= 0.3 is 0 Å². The van der Waals surface area contributed by atoms with Crippen LogP contribution in [0.25, 0.3) is 0 Å². The van der Waals surface area contributed by atoms with E-state index in [0.29, 0.717) is 5.41 Å². The van der Waals surface area contributed by atoms with Crippen molar-refractivity contribution in [1.82, 2.24) is 5.32 Å². The van der Waals surface area contributed by atoms with Gasteiger partial charge in [-0.2, -0.15) is 0 Å². The quantitative estimate of drug-likeness (QED) is 0.780. The first kappa shape index (κ1) is 12.9. The van der Waals surface area contributed by atoms with Gasteiger partial charge in [0.2, 0.25) is 0 Å². The Morgan fingerprint density at radius 3 is 2.82 bits per heavy atom. The lowest BCUT2D eigenvalue weighted by Gasteiger charge is -2.49. The Morgan fingerprint density at radius 2 is 2.29 bits per heavy atom. The van der Waals surface area contributed by atoms with Crippen LogP contribution in [0.2, 0.25) is 5.02 Å². The molecule has 1 N–H and O–H groups in total. The minimum absolute atomic E-state index is 0.320. The summed E-state index contributed by atoms with van der Waals surface area (Å²) >= 11 is 6.12. The van der Waals surface area contributed by atoms with Crippen molar-refractivity contribution in [3.8, 4) is 0 Å². The summed E-state index contributed by atoms with van der Waals surface area (Å²) in [5.74, 6) is 0.755. The molecule has 0 spiro atoms. The molecule has 1 aliphatic carbocycles. The molecule has 0 aliphatic heterocycles. The van der Waals surface area contributed by atoms with Crippen LogP contribution in [0.5, 0.6) is 0 Å². The van der Waals surface area contributed by atoms with Gasteiger partial charge in [0.05, 0.1) is 0 Å². The van der Waals surface area contributed by atoms with Gasteiger partial charge < -0.3 is 5.32 Å². The van der Waals surface area contributed by atoms with Crippen LogP contribution in [-0.2, 0) is 5.41 Å². The summed E-state index contributed by atoms with van der Waals surface area (Å²) in [4.78, 5) is 0. The molecule has 0 radical (unpaired) electrons. The molecule has 1 nitrogen and oxygen atoms in total. The highest BCUT2D eigenvalue weighted by atomic mass is 35.5. The van der Waals surface area contributed by atoms with Gasteiger partial charge in [0.15, 0.2) is 0 Å². The first-order valence-electron chi connectivity index (χ1n) is 6.66. The Bertz CT molecular complexity index is 377. The molecular weight excluding hydrogens is 230 g/mol. The van der Waals surface area contributed by atoms with E-state index >= 15 is 0 Å². The fourth-order valence-electron chi connectivity index (χ4n) is 2.86. The third-order valence-electron chi connectivity index (χ3n) is 4.23. The second-order valence-corrected chi connectivity index (χ2v) is 5.72. The van der Waals surface area contributed by atoms with E-state index in [2.05, 4.69) is 37.4 Å². The highest BCUT2D eigenvalue weighted by molar-refractivity contribution is 6.30. The van der Waals surface area contributed by atoms with Crippen LogP contribution in [0.15, 0.2) is 24.3 Å². The van der Waals surface area contributed by atoms with Gasteiger partial charge in [0.25, 0.3) is 0 Å². The molecule has 0 amide bonds. The largest absolute Gasteiger partial charge is 0.316 e. The maximum Gasteiger partial charge on any atom is 0.0408 e. The van der Waals surface area contributed by atoms with Gasteiger partial charge in [-0.15, -0.1) is 0 Å². The normalized spacial score (nSPS) is 27.8. The van der Waals surface area contributed by atoms with E-state index < -0.39 is 0 Å². The number of nitrogens with one attached hydrogen (secondary N) is 1. The summed E-state index contributed by atoms with van der Waals surface area (Å²) in [5.41, 5.74) is 1.73. The van der Waals surface area contributed by atoms with Gasteiger partial charge in [-0.3, -0.25) is 0 Å². The third-order valence-corrected chi connectivity index (χ3v) is 4.47. The monoisotopic (exact) mass is 251 g/mol. The minimum atomic E-state index is 0.320. The van der Waals surface area contributed by atoms with Crippen molar-refractivity contribution in [1.29, 1.82) is 0 Å². The van der Waals surface area contributed by atoms with Gasteiger partial charge in [-0.05, 0) is 49.4 Å². The zero-order chi connectivity index (χ0) is 12.3. The van der Waals surface area contributed by atoms with Crippen LogP contribution in [0, 0.1) is 5.92 Å². The first-order chi connectivity index (χ1) is 8.19. The molecule has 1 aromatic rings. The SMILES string of the molecule is CCCNCC1(c2cccc(Cl)c2)CCC1C. The Morgan fingerprint density at radius 1 is 1.47 bits per heavy atom. The average Bonchev–Trinajstić information content (AvgIpc) is 2.33. The van der Waals surface area contributed by atoms with Crippen LogP contribution >= 0.6 is 11.6 Å². The molecule has 2 atom stereocenters. The number of benzene rings is 1. The van der Waals surface area contributed by atoms with Gasteiger partial charge in [-0.1, -0.05) is 37.6 Å².